The van der Waals surface area contributed by atoms with Gasteiger partial charge in [-0.05, 0) is 72.9 Å². The Morgan fingerprint density at radius 3 is 2.15 bits per heavy atom. The highest BCUT2D eigenvalue weighted by Crippen LogP contribution is 2.55. The van der Waals surface area contributed by atoms with Crippen LogP contribution >= 0.6 is 0 Å². The summed E-state index contributed by atoms with van der Waals surface area (Å²) in [6, 6.07) is 17.6. The number of allylic oxidation sites excluding steroid dienone is 1. The molecule has 4 heteroatoms. The molecule has 5 aromatic rings. The molecular weight excluding hydrogens is 404 g/mol. The van der Waals surface area contributed by atoms with Crippen molar-refractivity contribution in [3.8, 4) is 0 Å². The van der Waals surface area contributed by atoms with Crippen molar-refractivity contribution < 1.29 is 0 Å². The summed E-state index contributed by atoms with van der Waals surface area (Å²) in [7, 11) is 0. The number of aromatic amines is 2. The van der Waals surface area contributed by atoms with Gasteiger partial charge in [-0.2, -0.15) is 0 Å². The monoisotopic (exact) mass is 428 g/mol. The number of aromatic nitrogens is 3. The molecular formula is C29H24N4. The number of nitrogens with one attached hydrogen (secondary N) is 2. The molecule has 2 aromatic carbocycles. The van der Waals surface area contributed by atoms with E-state index < -0.39 is 5.41 Å². The number of hydrogen-bond acceptors (Lipinski definition) is 2. The third-order valence-corrected chi connectivity index (χ3v) is 7.33. The number of aliphatic imine (C=N–C) groups is 1. The third kappa shape index (κ3) is 2.35. The Kier molecular flexibility index (Phi) is 3.70. The van der Waals surface area contributed by atoms with E-state index in [0.29, 0.717) is 0 Å². The average Bonchev–Trinajstić information content (AvgIpc) is 3.52. The first-order valence-corrected chi connectivity index (χ1v) is 11.6. The number of nitrogens with zero attached hydrogens (tertiary/aromatic N) is 2. The summed E-state index contributed by atoms with van der Waals surface area (Å²) >= 11 is 0. The predicted molar refractivity (Wildman–Crippen MR) is 134 cm³/mol. The molecule has 1 aliphatic carbocycles. The van der Waals surface area contributed by atoms with Crippen molar-refractivity contribution in [1.82, 2.24) is 15.0 Å². The van der Waals surface area contributed by atoms with Crippen LogP contribution in [0, 0.1) is 13.8 Å². The lowest BCUT2D eigenvalue weighted by Gasteiger charge is -2.33. The molecule has 1 aliphatic heterocycles. The number of pyridine rings is 1. The van der Waals surface area contributed by atoms with Gasteiger partial charge in [0.05, 0.1) is 16.8 Å². The zero-order valence-electron chi connectivity index (χ0n) is 18.7. The maximum atomic E-state index is 5.01. The average molecular weight is 429 g/mol. The summed E-state index contributed by atoms with van der Waals surface area (Å²) in [6.07, 6.45) is 9.63. The molecule has 33 heavy (non-hydrogen) atoms. The normalized spacial score (nSPS) is 16.5. The van der Waals surface area contributed by atoms with Crippen LogP contribution in [0.4, 0.5) is 0 Å². The van der Waals surface area contributed by atoms with Crippen LogP contribution in [0.25, 0.3) is 21.8 Å². The molecule has 160 valence electrons. The second kappa shape index (κ2) is 6.55. The SMILES string of the molecule is Cc1ccc2[nH]cc(C3(c4c[nH]c5ccc(C)cc45)C4=CCCN=C4c4ncccc43)c2c1. The fourth-order valence-corrected chi connectivity index (χ4v) is 5.96. The van der Waals surface area contributed by atoms with Crippen LogP contribution in [0.5, 0.6) is 0 Å². The minimum absolute atomic E-state index is 0.485. The maximum Gasteiger partial charge on any atom is 0.0932 e. The molecule has 0 spiro atoms. The van der Waals surface area contributed by atoms with Crippen molar-refractivity contribution in [3.63, 3.8) is 0 Å². The number of dihydropyridines is 1. The first kappa shape index (κ1) is 18.6. The second-order valence-electron chi connectivity index (χ2n) is 9.29. The minimum Gasteiger partial charge on any atom is -0.361 e. The largest absolute Gasteiger partial charge is 0.361 e. The van der Waals surface area contributed by atoms with Gasteiger partial charge < -0.3 is 9.97 Å². The predicted octanol–water partition coefficient (Wildman–Crippen LogP) is 6.13. The molecule has 0 bridgehead atoms. The fourth-order valence-electron chi connectivity index (χ4n) is 5.96. The first-order chi connectivity index (χ1) is 16.2. The molecule has 0 saturated heterocycles. The van der Waals surface area contributed by atoms with Gasteiger partial charge in [0.15, 0.2) is 0 Å². The molecule has 4 heterocycles. The number of hydrogen-bond donors (Lipinski definition) is 2. The highest BCUT2D eigenvalue weighted by molar-refractivity contribution is 6.21. The van der Waals surface area contributed by atoms with Crippen molar-refractivity contribution in [2.24, 2.45) is 4.99 Å². The van der Waals surface area contributed by atoms with E-state index in [9.17, 15) is 0 Å². The van der Waals surface area contributed by atoms with Gasteiger partial charge >= 0.3 is 0 Å². The Morgan fingerprint density at radius 1 is 0.818 bits per heavy atom. The van der Waals surface area contributed by atoms with Gasteiger partial charge in [-0.15, -0.1) is 0 Å². The molecule has 2 N–H and O–H groups in total. The molecule has 7 rings (SSSR count). The molecule has 0 saturated carbocycles. The highest BCUT2D eigenvalue weighted by atomic mass is 14.8. The number of aryl methyl sites for hydroxylation is 2. The van der Waals surface area contributed by atoms with Crippen LogP contribution in [0.1, 0.15) is 39.9 Å². The Labute approximate surface area is 192 Å². The van der Waals surface area contributed by atoms with E-state index >= 15 is 0 Å². The van der Waals surface area contributed by atoms with Gasteiger partial charge in [0.1, 0.15) is 0 Å². The van der Waals surface area contributed by atoms with E-state index in [-0.39, 0.29) is 0 Å². The van der Waals surface area contributed by atoms with Crippen LogP contribution in [0.15, 0.2) is 83.8 Å². The van der Waals surface area contributed by atoms with Crippen LogP contribution < -0.4 is 0 Å². The summed E-state index contributed by atoms with van der Waals surface area (Å²) in [4.78, 5) is 17.0. The zero-order valence-corrected chi connectivity index (χ0v) is 18.7. The summed E-state index contributed by atoms with van der Waals surface area (Å²) in [6.45, 7) is 5.13. The smallest absolute Gasteiger partial charge is 0.0932 e. The molecule has 4 nitrogen and oxygen atoms in total. The second-order valence-corrected chi connectivity index (χ2v) is 9.29. The Morgan fingerprint density at radius 2 is 1.48 bits per heavy atom. The van der Waals surface area contributed by atoms with Crippen molar-refractivity contribution in [1.29, 1.82) is 0 Å². The van der Waals surface area contributed by atoms with E-state index in [0.717, 1.165) is 35.4 Å². The topological polar surface area (TPSA) is 56.8 Å². The molecule has 2 aliphatic rings. The van der Waals surface area contributed by atoms with Gasteiger partial charge in [-0.3, -0.25) is 9.98 Å². The molecule has 0 fully saturated rings. The van der Waals surface area contributed by atoms with Gasteiger partial charge in [-0.1, -0.05) is 35.4 Å². The molecule has 3 aromatic heterocycles. The molecule has 0 radical (unpaired) electrons. The third-order valence-electron chi connectivity index (χ3n) is 7.33. The van der Waals surface area contributed by atoms with Crippen LogP contribution in [-0.2, 0) is 5.41 Å². The minimum atomic E-state index is -0.485. The summed E-state index contributed by atoms with van der Waals surface area (Å²) in [5.41, 5.74) is 11.4. The lowest BCUT2D eigenvalue weighted by atomic mass is 9.67. The van der Waals surface area contributed by atoms with Crippen molar-refractivity contribution in [2.75, 3.05) is 6.54 Å². The molecule has 0 amide bonds. The lowest BCUT2D eigenvalue weighted by molar-refractivity contribution is 0.770. The standard InChI is InChI=1S/C29H24N4/c1-17-7-9-25-19(13-17)23(15-32-25)29(24-16-33-26-10-8-18(2)14-20(24)26)21-5-3-11-30-27(21)28-22(29)6-4-12-31-28/h3,5-11,13-16,32-33H,4,12H2,1-2H3. The van der Waals surface area contributed by atoms with Crippen molar-refractivity contribution in [2.45, 2.75) is 25.7 Å². The van der Waals surface area contributed by atoms with Crippen LogP contribution in [0.3, 0.4) is 0 Å². The number of benzene rings is 2. The fraction of sp³-hybridized carbons (Fsp3) is 0.172. The Balaban J connectivity index is 1.70. The number of rotatable bonds is 2. The summed E-state index contributed by atoms with van der Waals surface area (Å²) < 4.78 is 0. The number of H-pyrrole nitrogens is 2. The van der Waals surface area contributed by atoms with E-state index in [4.69, 9.17) is 9.98 Å². The van der Waals surface area contributed by atoms with Gasteiger partial charge in [0, 0.05) is 46.9 Å². The highest BCUT2D eigenvalue weighted by Gasteiger charge is 2.52. The van der Waals surface area contributed by atoms with Crippen molar-refractivity contribution in [3.05, 3.63) is 112 Å². The Bertz CT molecular complexity index is 1560. The first-order valence-electron chi connectivity index (χ1n) is 11.6. The maximum absolute atomic E-state index is 5.01. The quantitative estimate of drug-likeness (QED) is 0.349. The molecule has 0 atom stereocenters. The van der Waals surface area contributed by atoms with E-state index in [1.54, 1.807) is 0 Å². The van der Waals surface area contributed by atoms with Gasteiger partial charge in [0.2, 0.25) is 0 Å². The molecule has 0 unspecified atom stereocenters. The Hall–Kier alpha value is -3.92. The van der Waals surface area contributed by atoms with Crippen LogP contribution in [0.2, 0.25) is 0 Å². The van der Waals surface area contributed by atoms with E-state index in [1.807, 2.05) is 6.20 Å². The summed E-state index contributed by atoms with van der Waals surface area (Å²) in [5.74, 6) is 0. The van der Waals surface area contributed by atoms with E-state index in [1.165, 1.54) is 44.2 Å². The van der Waals surface area contributed by atoms with E-state index in [2.05, 4.69) is 90.8 Å². The van der Waals surface area contributed by atoms with Crippen molar-refractivity contribution >= 4 is 27.5 Å². The summed E-state index contributed by atoms with van der Waals surface area (Å²) in [5, 5.41) is 2.50. The van der Waals surface area contributed by atoms with Gasteiger partial charge in [0.25, 0.3) is 0 Å². The van der Waals surface area contributed by atoms with Crippen LogP contribution in [-0.4, -0.2) is 27.2 Å². The van der Waals surface area contributed by atoms with Gasteiger partial charge in [-0.25, -0.2) is 0 Å². The lowest BCUT2D eigenvalue weighted by Crippen LogP contribution is -2.30. The zero-order chi connectivity index (χ0) is 22.2. The number of fused-ring (bicyclic) bond motifs is 5.